The number of carbonyl (C=O) groups is 2. The maximum atomic E-state index is 12.5. The van der Waals surface area contributed by atoms with Crippen molar-refractivity contribution >= 4 is 17.6 Å². The van der Waals surface area contributed by atoms with Crippen LogP contribution in [-0.2, 0) is 9.59 Å². The summed E-state index contributed by atoms with van der Waals surface area (Å²) in [5.41, 5.74) is 0.769. The third-order valence-corrected chi connectivity index (χ3v) is 4.99. The molecule has 0 radical (unpaired) electrons. The summed E-state index contributed by atoms with van der Waals surface area (Å²) in [5, 5.41) is 3.84. The molecular weight excluding hydrogens is 348 g/mol. The summed E-state index contributed by atoms with van der Waals surface area (Å²) < 4.78 is 5.29. The molecule has 2 aromatic heterocycles. The van der Waals surface area contributed by atoms with Gasteiger partial charge in [0.25, 0.3) is 5.89 Å². The van der Waals surface area contributed by atoms with Crippen LogP contribution >= 0.6 is 0 Å². The molecule has 142 valence electrons. The molecule has 0 atom stereocenters. The predicted octanol–water partition coefficient (Wildman–Crippen LogP) is 0.711. The van der Waals surface area contributed by atoms with Crippen molar-refractivity contribution in [1.29, 1.82) is 0 Å². The lowest BCUT2D eigenvalue weighted by Gasteiger charge is -2.36. The van der Waals surface area contributed by atoms with Gasteiger partial charge in [-0.15, -0.1) is 0 Å². The van der Waals surface area contributed by atoms with E-state index in [1.54, 1.807) is 22.9 Å². The molecule has 0 aliphatic carbocycles. The highest BCUT2D eigenvalue weighted by atomic mass is 16.5. The van der Waals surface area contributed by atoms with Gasteiger partial charge in [-0.2, -0.15) is 4.98 Å². The highest BCUT2D eigenvalue weighted by Crippen LogP contribution is 2.28. The highest BCUT2D eigenvalue weighted by molar-refractivity contribution is 6.35. The smallest absolute Gasteiger partial charge is 0.312 e. The van der Waals surface area contributed by atoms with Crippen molar-refractivity contribution in [2.24, 2.45) is 0 Å². The second kappa shape index (κ2) is 7.34. The van der Waals surface area contributed by atoms with E-state index in [1.807, 2.05) is 12.1 Å². The number of aryl methyl sites for hydroxylation is 1. The predicted molar refractivity (Wildman–Crippen MR) is 96.9 cm³/mol. The van der Waals surface area contributed by atoms with Crippen LogP contribution in [0.3, 0.4) is 0 Å². The van der Waals surface area contributed by atoms with Crippen molar-refractivity contribution in [3.05, 3.63) is 24.2 Å². The number of anilines is 1. The number of rotatable bonds is 2. The third kappa shape index (κ3) is 3.49. The zero-order valence-electron chi connectivity index (χ0n) is 15.3. The largest absolute Gasteiger partial charge is 0.352 e. The van der Waals surface area contributed by atoms with Crippen molar-refractivity contribution in [2.45, 2.75) is 19.8 Å². The monoisotopic (exact) mass is 370 g/mol. The molecule has 0 N–H and O–H groups in total. The first-order chi connectivity index (χ1) is 13.1. The lowest BCUT2D eigenvalue weighted by Crippen LogP contribution is -2.53. The van der Waals surface area contributed by atoms with Gasteiger partial charge in [-0.1, -0.05) is 5.16 Å². The van der Waals surface area contributed by atoms with E-state index < -0.39 is 5.91 Å². The fourth-order valence-corrected chi connectivity index (χ4v) is 3.53. The zero-order valence-corrected chi connectivity index (χ0v) is 15.3. The zero-order chi connectivity index (χ0) is 18.8. The summed E-state index contributed by atoms with van der Waals surface area (Å²) in [6, 6.07) is 3.72. The molecule has 2 aliphatic rings. The van der Waals surface area contributed by atoms with Crippen LogP contribution in [-0.4, -0.2) is 76.0 Å². The van der Waals surface area contributed by atoms with Gasteiger partial charge in [0.05, 0.1) is 5.56 Å². The van der Waals surface area contributed by atoms with Crippen LogP contribution in [0.4, 0.5) is 5.82 Å². The number of hydrogen-bond donors (Lipinski definition) is 0. The van der Waals surface area contributed by atoms with E-state index in [-0.39, 0.29) is 5.91 Å². The summed E-state index contributed by atoms with van der Waals surface area (Å²) in [4.78, 5) is 38.9. The molecular formula is C18H22N6O3. The van der Waals surface area contributed by atoms with E-state index in [0.29, 0.717) is 51.0 Å². The van der Waals surface area contributed by atoms with Crippen LogP contribution in [0.2, 0.25) is 0 Å². The minimum atomic E-state index is -0.398. The molecule has 4 rings (SSSR count). The van der Waals surface area contributed by atoms with Gasteiger partial charge in [0, 0.05) is 45.5 Å². The van der Waals surface area contributed by atoms with Crippen molar-refractivity contribution in [3.63, 3.8) is 0 Å². The van der Waals surface area contributed by atoms with Gasteiger partial charge in [0.1, 0.15) is 5.82 Å². The van der Waals surface area contributed by atoms with Crippen molar-refractivity contribution < 1.29 is 14.1 Å². The third-order valence-electron chi connectivity index (χ3n) is 4.99. The molecule has 2 aliphatic heterocycles. The molecule has 9 nitrogen and oxygen atoms in total. The average Bonchev–Trinajstić information content (AvgIpc) is 3.39. The Labute approximate surface area is 156 Å². The van der Waals surface area contributed by atoms with Gasteiger partial charge in [-0.3, -0.25) is 9.59 Å². The first-order valence-corrected chi connectivity index (χ1v) is 9.22. The Hall–Kier alpha value is -2.97. The lowest BCUT2D eigenvalue weighted by atomic mass is 10.2. The number of amides is 2. The van der Waals surface area contributed by atoms with Gasteiger partial charge in [-0.25, -0.2) is 4.98 Å². The van der Waals surface area contributed by atoms with Crippen molar-refractivity contribution in [1.82, 2.24) is 24.9 Å². The van der Waals surface area contributed by atoms with Crippen LogP contribution in [0, 0.1) is 6.92 Å². The van der Waals surface area contributed by atoms with E-state index in [2.05, 4.69) is 20.0 Å². The molecule has 2 fully saturated rings. The van der Waals surface area contributed by atoms with Gasteiger partial charge in [0.2, 0.25) is 0 Å². The maximum Gasteiger partial charge on any atom is 0.312 e. The standard InChI is InChI=1S/C18H22N6O3/c1-13-20-16(27-21-13)14-5-4-6-19-15(14)22-9-11-24(12-10-22)18(26)17(25)23-7-2-3-8-23/h4-6H,2-3,7-12H2,1H3. The first-order valence-electron chi connectivity index (χ1n) is 9.22. The summed E-state index contributed by atoms with van der Waals surface area (Å²) in [5.74, 6) is 0.971. The summed E-state index contributed by atoms with van der Waals surface area (Å²) in [6.45, 7) is 5.29. The molecule has 4 heterocycles. The van der Waals surface area contributed by atoms with E-state index in [0.717, 1.165) is 24.2 Å². The van der Waals surface area contributed by atoms with Crippen LogP contribution in [0.25, 0.3) is 11.5 Å². The quantitative estimate of drug-likeness (QED) is 0.719. The second-order valence-corrected chi connectivity index (χ2v) is 6.80. The molecule has 0 bridgehead atoms. The van der Waals surface area contributed by atoms with E-state index in [1.165, 1.54) is 0 Å². The number of aromatic nitrogens is 3. The fraction of sp³-hybridized carbons (Fsp3) is 0.500. The lowest BCUT2D eigenvalue weighted by molar-refractivity contribution is -0.151. The Morgan fingerprint density at radius 3 is 2.30 bits per heavy atom. The summed E-state index contributed by atoms with van der Waals surface area (Å²) >= 11 is 0. The molecule has 2 saturated heterocycles. The highest BCUT2D eigenvalue weighted by Gasteiger charge is 2.31. The Kier molecular flexibility index (Phi) is 4.74. The van der Waals surface area contributed by atoms with E-state index >= 15 is 0 Å². The molecule has 0 saturated carbocycles. The van der Waals surface area contributed by atoms with Crippen LogP contribution in [0.5, 0.6) is 0 Å². The molecule has 0 aromatic carbocycles. The number of likely N-dealkylation sites (tertiary alicyclic amines) is 1. The maximum absolute atomic E-state index is 12.5. The van der Waals surface area contributed by atoms with E-state index in [4.69, 9.17) is 4.52 Å². The van der Waals surface area contributed by atoms with Crippen molar-refractivity contribution in [3.8, 4) is 11.5 Å². The number of nitrogens with zero attached hydrogens (tertiary/aromatic N) is 6. The molecule has 0 spiro atoms. The molecule has 2 amide bonds. The Morgan fingerprint density at radius 1 is 1.00 bits per heavy atom. The second-order valence-electron chi connectivity index (χ2n) is 6.80. The topological polar surface area (TPSA) is 95.7 Å². The van der Waals surface area contributed by atoms with Crippen molar-refractivity contribution in [2.75, 3.05) is 44.2 Å². The van der Waals surface area contributed by atoms with Crippen LogP contribution < -0.4 is 4.90 Å². The van der Waals surface area contributed by atoms with Crippen LogP contribution in [0.15, 0.2) is 22.9 Å². The van der Waals surface area contributed by atoms with Gasteiger partial charge < -0.3 is 19.2 Å². The number of piperazine rings is 1. The molecule has 0 unspecified atom stereocenters. The summed E-state index contributed by atoms with van der Waals surface area (Å²) in [6.07, 6.45) is 3.67. The molecule has 9 heteroatoms. The van der Waals surface area contributed by atoms with Crippen LogP contribution in [0.1, 0.15) is 18.7 Å². The van der Waals surface area contributed by atoms with Gasteiger partial charge in [-0.05, 0) is 31.9 Å². The number of pyridine rings is 1. The SMILES string of the molecule is Cc1noc(-c2cccnc2N2CCN(C(=O)C(=O)N3CCCC3)CC2)n1. The Morgan fingerprint density at radius 2 is 1.67 bits per heavy atom. The fourth-order valence-electron chi connectivity index (χ4n) is 3.53. The van der Waals surface area contributed by atoms with Gasteiger partial charge in [0.15, 0.2) is 5.82 Å². The minimum absolute atomic E-state index is 0.374. The average molecular weight is 370 g/mol. The van der Waals surface area contributed by atoms with E-state index in [9.17, 15) is 9.59 Å². The first kappa shape index (κ1) is 17.4. The Balaban J connectivity index is 1.44. The number of carbonyl (C=O) groups excluding carboxylic acids is 2. The number of hydrogen-bond acceptors (Lipinski definition) is 7. The molecule has 27 heavy (non-hydrogen) atoms. The molecule has 2 aromatic rings. The summed E-state index contributed by atoms with van der Waals surface area (Å²) in [7, 11) is 0. The normalized spacial score (nSPS) is 17.4. The Bertz CT molecular complexity index is 837. The minimum Gasteiger partial charge on any atom is -0.352 e. The van der Waals surface area contributed by atoms with Gasteiger partial charge >= 0.3 is 11.8 Å².